The molecule has 0 spiro atoms. The van der Waals surface area contributed by atoms with Crippen LogP contribution in [0.25, 0.3) is 0 Å². The van der Waals surface area contributed by atoms with Crippen molar-refractivity contribution in [3.63, 3.8) is 0 Å². The van der Waals surface area contributed by atoms with Crippen LogP contribution in [0.15, 0.2) is 27.6 Å². The maximum absolute atomic E-state index is 11.4. The molecule has 5 nitrogen and oxygen atoms in total. The first-order valence-electron chi connectivity index (χ1n) is 4.61. The summed E-state index contributed by atoms with van der Waals surface area (Å²) >= 11 is 0. The SMILES string of the molecule is CC(CO)CNC(=O)c1ccc(=O)oc1. The summed E-state index contributed by atoms with van der Waals surface area (Å²) in [5.74, 6) is -0.316. The minimum absolute atomic E-state index is 0.00432. The number of hydrogen-bond donors (Lipinski definition) is 2. The fourth-order valence-electron chi connectivity index (χ4n) is 0.921. The number of carbonyl (C=O) groups is 1. The van der Waals surface area contributed by atoms with Crippen LogP contribution in [0.5, 0.6) is 0 Å². The smallest absolute Gasteiger partial charge is 0.335 e. The Morgan fingerprint density at radius 2 is 2.33 bits per heavy atom. The zero-order valence-corrected chi connectivity index (χ0v) is 8.40. The molecule has 0 saturated heterocycles. The molecule has 5 heteroatoms. The molecule has 0 aliphatic heterocycles. The van der Waals surface area contributed by atoms with E-state index >= 15 is 0 Å². The van der Waals surface area contributed by atoms with Gasteiger partial charge < -0.3 is 14.8 Å². The highest BCUT2D eigenvalue weighted by Gasteiger charge is 2.07. The second kappa shape index (κ2) is 5.31. The molecule has 1 atom stereocenters. The van der Waals surface area contributed by atoms with Crippen LogP contribution in [0.1, 0.15) is 17.3 Å². The number of carbonyl (C=O) groups excluding carboxylic acids is 1. The molecule has 15 heavy (non-hydrogen) atoms. The molecule has 1 amide bonds. The molecule has 0 saturated carbocycles. The zero-order chi connectivity index (χ0) is 11.3. The average molecular weight is 211 g/mol. The van der Waals surface area contributed by atoms with Crippen molar-refractivity contribution in [2.24, 2.45) is 5.92 Å². The fourth-order valence-corrected chi connectivity index (χ4v) is 0.921. The molecular weight excluding hydrogens is 198 g/mol. The molecule has 0 aliphatic rings. The van der Waals surface area contributed by atoms with E-state index in [9.17, 15) is 9.59 Å². The summed E-state index contributed by atoms with van der Waals surface area (Å²) in [7, 11) is 0. The molecule has 2 N–H and O–H groups in total. The Hall–Kier alpha value is -1.62. The topological polar surface area (TPSA) is 79.5 Å². The second-order valence-electron chi connectivity index (χ2n) is 3.34. The third-order valence-electron chi connectivity index (χ3n) is 1.89. The molecule has 1 aromatic rings. The van der Waals surface area contributed by atoms with Gasteiger partial charge in [-0.3, -0.25) is 4.79 Å². The molecule has 1 heterocycles. The standard InChI is InChI=1S/C10H13NO4/c1-7(5-12)4-11-10(14)8-2-3-9(13)15-6-8/h2-3,6-7,12H,4-5H2,1H3,(H,11,14). The lowest BCUT2D eigenvalue weighted by atomic mass is 10.2. The Morgan fingerprint density at radius 1 is 1.60 bits per heavy atom. The quantitative estimate of drug-likeness (QED) is 0.734. The summed E-state index contributed by atoms with van der Waals surface area (Å²) in [5, 5.41) is 11.4. The van der Waals surface area contributed by atoms with E-state index < -0.39 is 5.63 Å². The second-order valence-corrected chi connectivity index (χ2v) is 3.34. The first-order valence-corrected chi connectivity index (χ1v) is 4.61. The van der Waals surface area contributed by atoms with Crippen LogP contribution >= 0.6 is 0 Å². The van der Waals surface area contributed by atoms with Crippen molar-refractivity contribution in [2.75, 3.05) is 13.2 Å². The number of amides is 1. The van der Waals surface area contributed by atoms with Crippen LogP contribution in [0.4, 0.5) is 0 Å². The van der Waals surface area contributed by atoms with Gasteiger partial charge >= 0.3 is 5.63 Å². The van der Waals surface area contributed by atoms with Crippen molar-refractivity contribution < 1.29 is 14.3 Å². The largest absolute Gasteiger partial charge is 0.430 e. The summed E-state index contributed by atoms with van der Waals surface area (Å²) in [4.78, 5) is 22.0. The Kier molecular flexibility index (Phi) is 4.05. The summed E-state index contributed by atoms with van der Waals surface area (Å²) in [6, 6.07) is 2.58. The van der Waals surface area contributed by atoms with Gasteiger partial charge in [0.25, 0.3) is 5.91 Å². The summed E-state index contributed by atoms with van der Waals surface area (Å²) in [6.45, 7) is 2.21. The van der Waals surface area contributed by atoms with E-state index in [1.165, 1.54) is 12.1 Å². The van der Waals surface area contributed by atoms with Gasteiger partial charge in [-0.15, -0.1) is 0 Å². The van der Waals surface area contributed by atoms with E-state index in [1.54, 1.807) is 0 Å². The molecular formula is C10H13NO4. The fraction of sp³-hybridized carbons (Fsp3) is 0.400. The van der Waals surface area contributed by atoms with Gasteiger partial charge in [-0.05, 0) is 12.0 Å². The lowest BCUT2D eigenvalue weighted by Gasteiger charge is -2.08. The van der Waals surface area contributed by atoms with E-state index in [0.29, 0.717) is 12.1 Å². The number of hydrogen-bond acceptors (Lipinski definition) is 4. The van der Waals surface area contributed by atoms with E-state index in [0.717, 1.165) is 6.26 Å². The van der Waals surface area contributed by atoms with Crippen molar-refractivity contribution in [1.29, 1.82) is 0 Å². The normalized spacial score (nSPS) is 12.1. The van der Waals surface area contributed by atoms with Crippen molar-refractivity contribution in [3.8, 4) is 0 Å². The van der Waals surface area contributed by atoms with E-state index in [2.05, 4.69) is 9.73 Å². The average Bonchev–Trinajstić information content (AvgIpc) is 2.26. The van der Waals surface area contributed by atoms with Crippen molar-refractivity contribution in [2.45, 2.75) is 6.92 Å². The first kappa shape index (κ1) is 11.5. The molecule has 0 aromatic carbocycles. The Bertz CT molecular complexity index is 365. The van der Waals surface area contributed by atoms with Gasteiger partial charge in [0.05, 0.1) is 5.56 Å². The van der Waals surface area contributed by atoms with E-state index in [4.69, 9.17) is 5.11 Å². The minimum Gasteiger partial charge on any atom is -0.430 e. The molecule has 0 radical (unpaired) electrons. The maximum atomic E-state index is 11.4. The van der Waals surface area contributed by atoms with Gasteiger partial charge in [0.2, 0.25) is 0 Å². The third-order valence-corrected chi connectivity index (χ3v) is 1.89. The van der Waals surface area contributed by atoms with Gasteiger partial charge in [0.1, 0.15) is 6.26 Å². The summed E-state index contributed by atoms with van der Waals surface area (Å²) in [6.07, 6.45) is 1.11. The van der Waals surface area contributed by atoms with Crippen molar-refractivity contribution in [3.05, 3.63) is 34.4 Å². The maximum Gasteiger partial charge on any atom is 0.335 e. The Morgan fingerprint density at radius 3 is 2.87 bits per heavy atom. The van der Waals surface area contributed by atoms with Crippen LogP contribution in [0, 0.1) is 5.92 Å². The lowest BCUT2D eigenvalue weighted by molar-refractivity contribution is 0.0940. The third kappa shape index (κ3) is 3.55. The molecule has 82 valence electrons. The van der Waals surface area contributed by atoms with Crippen LogP contribution in [-0.4, -0.2) is 24.2 Å². The first-order chi connectivity index (χ1) is 7.13. The number of aliphatic hydroxyl groups excluding tert-OH is 1. The van der Waals surface area contributed by atoms with Gasteiger partial charge in [-0.1, -0.05) is 6.92 Å². The summed E-state index contributed by atoms with van der Waals surface area (Å²) in [5.41, 5.74) is -0.199. The highest BCUT2D eigenvalue weighted by Crippen LogP contribution is 1.96. The Labute approximate surface area is 86.7 Å². The van der Waals surface area contributed by atoms with Gasteiger partial charge in [-0.2, -0.15) is 0 Å². The van der Waals surface area contributed by atoms with Crippen LogP contribution in [0.3, 0.4) is 0 Å². The lowest BCUT2D eigenvalue weighted by Crippen LogP contribution is -2.29. The molecule has 0 bridgehead atoms. The molecule has 1 rings (SSSR count). The van der Waals surface area contributed by atoms with Gasteiger partial charge in [0, 0.05) is 19.2 Å². The highest BCUT2D eigenvalue weighted by molar-refractivity contribution is 5.93. The number of nitrogens with one attached hydrogen (secondary N) is 1. The molecule has 1 aromatic heterocycles. The number of rotatable bonds is 4. The minimum atomic E-state index is -0.490. The summed E-state index contributed by atoms with van der Waals surface area (Å²) < 4.78 is 4.55. The zero-order valence-electron chi connectivity index (χ0n) is 8.40. The Balaban J connectivity index is 2.54. The van der Waals surface area contributed by atoms with Gasteiger partial charge in [0.15, 0.2) is 0 Å². The van der Waals surface area contributed by atoms with E-state index in [-0.39, 0.29) is 18.4 Å². The van der Waals surface area contributed by atoms with Crippen LogP contribution in [0.2, 0.25) is 0 Å². The predicted octanol–water partition coefficient (Wildman–Crippen LogP) is -0.00200. The van der Waals surface area contributed by atoms with Crippen molar-refractivity contribution in [1.82, 2.24) is 5.32 Å². The molecule has 0 aliphatic carbocycles. The van der Waals surface area contributed by atoms with E-state index in [1.807, 2.05) is 6.92 Å². The number of aliphatic hydroxyl groups is 1. The highest BCUT2D eigenvalue weighted by atomic mass is 16.4. The predicted molar refractivity (Wildman–Crippen MR) is 53.6 cm³/mol. The molecule has 1 unspecified atom stereocenters. The van der Waals surface area contributed by atoms with Gasteiger partial charge in [-0.25, -0.2) is 4.79 Å². The van der Waals surface area contributed by atoms with Crippen molar-refractivity contribution >= 4 is 5.91 Å². The van der Waals surface area contributed by atoms with Crippen LogP contribution < -0.4 is 10.9 Å². The van der Waals surface area contributed by atoms with Crippen LogP contribution in [-0.2, 0) is 0 Å². The monoisotopic (exact) mass is 211 g/mol. The molecule has 0 fully saturated rings.